The van der Waals surface area contributed by atoms with Crippen molar-refractivity contribution in [3.05, 3.63) is 158 Å². The molecule has 9 heteroatoms. The van der Waals surface area contributed by atoms with Gasteiger partial charge in [0.2, 0.25) is 0 Å². The number of likely N-dealkylation sites (N-methyl/N-ethyl adjacent to an activating group) is 1. The number of allylic oxidation sites excluding steroid dienone is 26. The van der Waals surface area contributed by atoms with Crippen LogP contribution in [0.2, 0.25) is 0 Å². The Balaban J connectivity index is 4.39. The number of carboxylic acid groups (broad SMARTS) is 1. The molecule has 444 valence electrons. The van der Waals surface area contributed by atoms with E-state index in [2.05, 4.69) is 172 Å². The Kier molecular flexibility index (Phi) is 55.2. The van der Waals surface area contributed by atoms with Crippen LogP contribution in [0, 0.1) is 0 Å². The van der Waals surface area contributed by atoms with Gasteiger partial charge in [-0.15, -0.1) is 0 Å². The standard InChI is InChI=1S/C70H111NO8/c1-6-8-10-12-14-16-18-20-22-24-26-28-29-30-31-32-33-34-35-36-37-38-39-41-43-45-47-49-51-53-55-57-59-61-68(73)79-66(65-78-70(69(74)75)76-63-62-71(3,4)5)64-77-67(72)60-58-56-54-52-50-48-46-44-42-40-27-25-23-21-19-17-15-13-11-9-7-2/h8,10,14,16,19-22,25-28,30-31,33-34,36-37,39,41-42,44-45,47,51,53,66,70H,6-7,9,11-13,15,17-18,23-24,29,32,35,38,40,43,46,48-50,52,54-65H2,1-5H3/p+1/b10-8-,16-14-,21-19-,22-20-,27-25-,28-26-,31-30-,34-33-,37-36-,41-39-,44-42-,47-45-,53-51-. The first-order chi connectivity index (χ1) is 38.6. The third kappa shape index (κ3) is 60.4. The molecule has 0 fully saturated rings. The summed E-state index contributed by atoms with van der Waals surface area (Å²) >= 11 is 0. The maximum absolute atomic E-state index is 12.9. The van der Waals surface area contributed by atoms with Crippen molar-refractivity contribution in [2.45, 2.75) is 219 Å². The molecule has 0 spiro atoms. The SMILES string of the molecule is CC/C=C\C/C=C\C/C=C\C/C=C\C/C=C\C/C=C\C/C=C\C/C=C\C/C=C\C/C=C\CCCCC(=O)OC(COC(=O)CCCCCCCC/C=C\C/C=C\C/C=C\CCCCCCC)COC(OCC[N+](C)(C)C)C(=O)O. The molecule has 2 unspecified atom stereocenters. The van der Waals surface area contributed by atoms with Gasteiger partial charge in [0.05, 0.1) is 34.4 Å². The van der Waals surface area contributed by atoms with Crippen molar-refractivity contribution >= 4 is 17.9 Å². The first-order valence-electron chi connectivity index (χ1n) is 30.6. The van der Waals surface area contributed by atoms with Crippen LogP contribution in [-0.2, 0) is 33.3 Å². The van der Waals surface area contributed by atoms with E-state index in [1.165, 1.54) is 38.5 Å². The van der Waals surface area contributed by atoms with Crippen LogP contribution >= 0.6 is 0 Å². The summed E-state index contributed by atoms with van der Waals surface area (Å²) in [6.45, 7) is 4.66. The fourth-order valence-corrected chi connectivity index (χ4v) is 7.58. The highest BCUT2D eigenvalue weighted by atomic mass is 16.7. The average molecular weight is 1100 g/mol. The van der Waals surface area contributed by atoms with Gasteiger partial charge in [-0.25, -0.2) is 4.79 Å². The van der Waals surface area contributed by atoms with Crippen molar-refractivity contribution in [3.8, 4) is 0 Å². The van der Waals surface area contributed by atoms with Crippen molar-refractivity contribution in [3.63, 3.8) is 0 Å². The molecule has 0 bridgehead atoms. The summed E-state index contributed by atoms with van der Waals surface area (Å²) in [5.41, 5.74) is 0. The van der Waals surface area contributed by atoms with Crippen LogP contribution in [0.25, 0.3) is 0 Å². The molecule has 0 saturated carbocycles. The second-order valence-corrected chi connectivity index (χ2v) is 20.9. The number of nitrogens with zero attached hydrogens (tertiary/aromatic N) is 1. The summed E-state index contributed by atoms with van der Waals surface area (Å²) in [4.78, 5) is 37.5. The van der Waals surface area contributed by atoms with Crippen molar-refractivity contribution < 1.29 is 42.9 Å². The molecule has 0 aromatic rings. The number of hydrogen-bond acceptors (Lipinski definition) is 7. The van der Waals surface area contributed by atoms with Gasteiger partial charge in [-0.1, -0.05) is 223 Å². The van der Waals surface area contributed by atoms with Gasteiger partial charge in [0.1, 0.15) is 13.2 Å². The molecule has 2 atom stereocenters. The van der Waals surface area contributed by atoms with Gasteiger partial charge in [0, 0.05) is 12.8 Å². The van der Waals surface area contributed by atoms with E-state index in [9.17, 15) is 19.5 Å². The molecule has 0 heterocycles. The van der Waals surface area contributed by atoms with E-state index in [4.69, 9.17) is 18.9 Å². The Morgan fingerprint density at radius 1 is 0.392 bits per heavy atom. The van der Waals surface area contributed by atoms with Crippen LogP contribution in [0.1, 0.15) is 206 Å². The lowest BCUT2D eigenvalue weighted by Crippen LogP contribution is -2.40. The molecule has 0 rings (SSSR count). The van der Waals surface area contributed by atoms with E-state index >= 15 is 0 Å². The molecule has 0 saturated heterocycles. The molecule has 0 radical (unpaired) electrons. The lowest BCUT2D eigenvalue weighted by molar-refractivity contribution is -0.870. The first-order valence-corrected chi connectivity index (χ1v) is 30.6. The number of unbranched alkanes of at least 4 members (excludes halogenated alkanes) is 13. The smallest absolute Gasteiger partial charge is 0.361 e. The minimum atomic E-state index is -1.54. The van der Waals surface area contributed by atoms with Gasteiger partial charge in [-0.2, -0.15) is 0 Å². The quantitative estimate of drug-likeness (QED) is 0.0211. The van der Waals surface area contributed by atoms with Crippen LogP contribution in [0.3, 0.4) is 0 Å². The third-order valence-electron chi connectivity index (χ3n) is 12.3. The predicted molar refractivity (Wildman–Crippen MR) is 336 cm³/mol. The van der Waals surface area contributed by atoms with Gasteiger partial charge < -0.3 is 28.5 Å². The number of esters is 2. The first kappa shape index (κ1) is 73.9. The molecule has 9 nitrogen and oxygen atoms in total. The van der Waals surface area contributed by atoms with Crippen LogP contribution in [0.5, 0.6) is 0 Å². The number of ether oxygens (including phenoxy) is 4. The zero-order chi connectivity index (χ0) is 57.6. The highest BCUT2D eigenvalue weighted by molar-refractivity contribution is 5.71. The van der Waals surface area contributed by atoms with Crippen LogP contribution < -0.4 is 0 Å². The normalized spacial score (nSPS) is 13.9. The molecule has 0 aliphatic carbocycles. The summed E-state index contributed by atoms with van der Waals surface area (Å²) in [5, 5.41) is 9.71. The Labute approximate surface area is 483 Å². The average Bonchev–Trinajstić information content (AvgIpc) is 3.42. The molecule has 0 aromatic heterocycles. The maximum atomic E-state index is 12.9. The van der Waals surface area contributed by atoms with Crippen molar-refractivity contribution in [2.24, 2.45) is 0 Å². The summed E-state index contributed by atoms with van der Waals surface area (Å²) in [6, 6.07) is 0. The van der Waals surface area contributed by atoms with E-state index in [1.54, 1.807) is 0 Å². The molecule has 0 aliphatic heterocycles. The monoisotopic (exact) mass is 1090 g/mol. The maximum Gasteiger partial charge on any atom is 0.361 e. The molecule has 0 aromatic carbocycles. The highest BCUT2D eigenvalue weighted by Gasteiger charge is 2.25. The minimum Gasteiger partial charge on any atom is -0.477 e. The van der Waals surface area contributed by atoms with Gasteiger partial charge >= 0.3 is 17.9 Å². The van der Waals surface area contributed by atoms with Gasteiger partial charge in [-0.3, -0.25) is 9.59 Å². The predicted octanol–water partition coefficient (Wildman–Crippen LogP) is 18.6. The fourth-order valence-electron chi connectivity index (χ4n) is 7.58. The van der Waals surface area contributed by atoms with Gasteiger partial charge in [0.25, 0.3) is 6.29 Å². The molecule has 0 amide bonds. The lowest BCUT2D eigenvalue weighted by atomic mass is 10.1. The number of carbonyl (C=O) groups excluding carboxylic acids is 2. The number of quaternary nitrogens is 1. The second kappa shape index (κ2) is 59.0. The Bertz CT molecular complexity index is 1850. The summed E-state index contributed by atoms with van der Waals surface area (Å²) in [7, 11) is 5.93. The third-order valence-corrected chi connectivity index (χ3v) is 12.3. The number of hydrogen-bond donors (Lipinski definition) is 1. The topological polar surface area (TPSA) is 108 Å². The zero-order valence-corrected chi connectivity index (χ0v) is 50.5. The van der Waals surface area contributed by atoms with E-state index < -0.39 is 24.3 Å². The van der Waals surface area contributed by atoms with Crippen LogP contribution in [-0.4, -0.2) is 87.4 Å². The van der Waals surface area contributed by atoms with Gasteiger partial charge in [0.15, 0.2) is 6.10 Å². The number of aliphatic carboxylic acids is 1. The van der Waals surface area contributed by atoms with Crippen LogP contribution in [0.15, 0.2) is 158 Å². The summed E-state index contributed by atoms with van der Waals surface area (Å²) < 4.78 is 22.8. The van der Waals surface area contributed by atoms with E-state index in [1.807, 2.05) is 21.1 Å². The fraction of sp³-hybridized carbons (Fsp3) is 0.586. The Morgan fingerprint density at radius 2 is 0.722 bits per heavy atom. The zero-order valence-electron chi connectivity index (χ0n) is 50.5. The summed E-state index contributed by atoms with van der Waals surface area (Å²) in [5.74, 6) is -2.10. The Morgan fingerprint density at radius 3 is 1.10 bits per heavy atom. The largest absolute Gasteiger partial charge is 0.477 e. The van der Waals surface area contributed by atoms with Crippen molar-refractivity contribution in [1.29, 1.82) is 0 Å². The number of carboxylic acids is 1. The van der Waals surface area contributed by atoms with Crippen LogP contribution in [0.4, 0.5) is 0 Å². The lowest BCUT2D eigenvalue weighted by Gasteiger charge is -2.25. The van der Waals surface area contributed by atoms with E-state index in [0.29, 0.717) is 17.4 Å². The Hall–Kier alpha value is -5.09. The molecule has 0 aliphatic rings. The molecular formula is C70H112NO8+. The van der Waals surface area contributed by atoms with Gasteiger partial charge in [-0.05, 0) is 128 Å². The molecule has 1 N–H and O–H groups in total. The van der Waals surface area contributed by atoms with E-state index in [0.717, 1.165) is 135 Å². The summed E-state index contributed by atoms with van der Waals surface area (Å²) in [6.07, 6.45) is 84.7. The molecular weight excluding hydrogens is 983 g/mol. The molecule has 79 heavy (non-hydrogen) atoms. The van der Waals surface area contributed by atoms with Crippen molar-refractivity contribution in [2.75, 3.05) is 47.5 Å². The highest BCUT2D eigenvalue weighted by Crippen LogP contribution is 2.12. The second-order valence-electron chi connectivity index (χ2n) is 20.9. The minimum absolute atomic E-state index is 0.167. The number of rotatable bonds is 54. The van der Waals surface area contributed by atoms with E-state index in [-0.39, 0.29) is 38.6 Å². The van der Waals surface area contributed by atoms with Crippen molar-refractivity contribution in [1.82, 2.24) is 0 Å². The number of carbonyl (C=O) groups is 3.